The molecule has 0 atom stereocenters. The number of amides is 1. The number of benzene rings is 2. The van der Waals surface area contributed by atoms with Gasteiger partial charge in [0, 0.05) is 17.0 Å². The van der Waals surface area contributed by atoms with E-state index >= 15 is 0 Å². The topological polar surface area (TPSA) is 89.5 Å². The Balaban J connectivity index is 1.92. The second kappa shape index (κ2) is 7.46. The molecule has 24 heavy (non-hydrogen) atoms. The predicted molar refractivity (Wildman–Crippen MR) is 89.9 cm³/mol. The summed E-state index contributed by atoms with van der Waals surface area (Å²) in [5, 5.41) is 3.01. The SMILES string of the molecule is CS(=O)(=O)c1ccc(C(=O)OCC(=O)Nc2cccc(Cl)c2)cc1. The molecule has 2 aromatic rings. The summed E-state index contributed by atoms with van der Waals surface area (Å²) in [7, 11) is -3.34. The van der Waals surface area contributed by atoms with Gasteiger partial charge in [-0.05, 0) is 42.5 Å². The van der Waals surface area contributed by atoms with Gasteiger partial charge in [0.15, 0.2) is 16.4 Å². The van der Waals surface area contributed by atoms with Gasteiger partial charge in [0.2, 0.25) is 0 Å². The first-order valence-corrected chi connectivity index (χ1v) is 9.05. The predicted octanol–water partition coefficient (Wildman–Crippen LogP) is 2.54. The number of halogens is 1. The van der Waals surface area contributed by atoms with Crippen molar-refractivity contribution < 1.29 is 22.7 Å². The zero-order valence-corrected chi connectivity index (χ0v) is 14.2. The molecule has 2 rings (SSSR count). The van der Waals surface area contributed by atoms with Gasteiger partial charge < -0.3 is 10.1 Å². The zero-order valence-electron chi connectivity index (χ0n) is 12.7. The lowest BCUT2D eigenvalue weighted by Gasteiger charge is -2.07. The third kappa shape index (κ3) is 5.07. The highest BCUT2D eigenvalue weighted by Crippen LogP contribution is 2.15. The molecule has 1 amide bonds. The molecule has 8 heteroatoms. The summed E-state index contributed by atoms with van der Waals surface area (Å²) in [6.45, 7) is -0.473. The molecule has 0 aromatic heterocycles. The van der Waals surface area contributed by atoms with Crippen molar-refractivity contribution in [3.05, 3.63) is 59.1 Å². The van der Waals surface area contributed by atoms with Gasteiger partial charge in [0.05, 0.1) is 10.5 Å². The van der Waals surface area contributed by atoms with Crippen LogP contribution >= 0.6 is 11.6 Å². The van der Waals surface area contributed by atoms with Crippen LogP contribution in [0.25, 0.3) is 0 Å². The van der Waals surface area contributed by atoms with E-state index in [9.17, 15) is 18.0 Å². The van der Waals surface area contributed by atoms with E-state index in [0.717, 1.165) is 6.26 Å². The molecule has 0 bridgehead atoms. The maximum atomic E-state index is 11.8. The van der Waals surface area contributed by atoms with Crippen LogP contribution in [0.3, 0.4) is 0 Å². The molecule has 0 heterocycles. The minimum absolute atomic E-state index is 0.0951. The third-order valence-corrected chi connectivity index (χ3v) is 4.32. The van der Waals surface area contributed by atoms with Crippen molar-refractivity contribution in [2.75, 3.05) is 18.2 Å². The molecule has 126 valence electrons. The normalized spacial score (nSPS) is 10.9. The molecule has 1 N–H and O–H groups in total. The van der Waals surface area contributed by atoms with Gasteiger partial charge >= 0.3 is 5.97 Å². The van der Waals surface area contributed by atoms with Gasteiger partial charge in [-0.15, -0.1) is 0 Å². The van der Waals surface area contributed by atoms with E-state index < -0.39 is 28.3 Å². The number of esters is 1. The highest BCUT2D eigenvalue weighted by Gasteiger charge is 2.12. The van der Waals surface area contributed by atoms with Crippen molar-refractivity contribution in [2.45, 2.75) is 4.90 Å². The molecule has 6 nitrogen and oxygen atoms in total. The standard InChI is InChI=1S/C16H14ClNO5S/c1-24(21,22)14-7-5-11(6-8-14)16(20)23-10-15(19)18-13-4-2-3-12(17)9-13/h2-9H,10H2,1H3,(H,18,19). The van der Waals surface area contributed by atoms with Crippen LogP contribution < -0.4 is 5.32 Å². The number of hydrogen-bond donors (Lipinski definition) is 1. The average molecular weight is 368 g/mol. The summed E-state index contributed by atoms with van der Waals surface area (Å²) < 4.78 is 27.6. The van der Waals surface area contributed by atoms with E-state index in [4.69, 9.17) is 16.3 Å². The highest BCUT2D eigenvalue weighted by molar-refractivity contribution is 7.90. The van der Waals surface area contributed by atoms with E-state index in [-0.39, 0.29) is 10.5 Å². The number of anilines is 1. The Labute approximate surface area is 144 Å². The minimum Gasteiger partial charge on any atom is -0.452 e. The quantitative estimate of drug-likeness (QED) is 0.820. The van der Waals surface area contributed by atoms with E-state index in [1.807, 2.05) is 0 Å². The molecule has 0 aliphatic rings. The van der Waals surface area contributed by atoms with Crippen LogP contribution in [-0.2, 0) is 19.4 Å². The molecule has 0 spiro atoms. The summed E-state index contributed by atoms with van der Waals surface area (Å²) in [6.07, 6.45) is 1.07. The smallest absolute Gasteiger partial charge is 0.338 e. The molecule has 0 unspecified atom stereocenters. The van der Waals surface area contributed by atoms with E-state index in [2.05, 4.69) is 5.32 Å². The first-order chi connectivity index (χ1) is 11.3. The largest absolute Gasteiger partial charge is 0.452 e. The lowest BCUT2D eigenvalue weighted by atomic mass is 10.2. The van der Waals surface area contributed by atoms with Crippen LogP contribution in [0.2, 0.25) is 5.02 Å². The Morgan fingerprint density at radius 3 is 2.38 bits per heavy atom. The Morgan fingerprint density at radius 2 is 1.79 bits per heavy atom. The van der Waals surface area contributed by atoms with Gasteiger partial charge in [0.25, 0.3) is 5.91 Å². The lowest BCUT2D eigenvalue weighted by molar-refractivity contribution is -0.119. The number of ether oxygens (including phenoxy) is 1. The number of rotatable bonds is 5. The summed E-state index contributed by atoms with van der Waals surface area (Å²) in [5.74, 6) is -1.24. The Kier molecular flexibility index (Phi) is 5.58. The second-order valence-electron chi connectivity index (χ2n) is 4.93. The molecular formula is C16H14ClNO5S. The Hall–Kier alpha value is -2.38. The fraction of sp³-hybridized carbons (Fsp3) is 0.125. The molecule has 0 aliphatic carbocycles. The van der Waals surface area contributed by atoms with E-state index in [1.165, 1.54) is 24.3 Å². The monoisotopic (exact) mass is 367 g/mol. The van der Waals surface area contributed by atoms with Crippen LogP contribution in [-0.4, -0.2) is 33.2 Å². The first kappa shape index (κ1) is 18.0. The number of hydrogen-bond acceptors (Lipinski definition) is 5. The number of nitrogens with one attached hydrogen (secondary N) is 1. The molecular weight excluding hydrogens is 354 g/mol. The maximum absolute atomic E-state index is 11.8. The Bertz CT molecular complexity index is 862. The van der Waals surface area contributed by atoms with E-state index in [1.54, 1.807) is 24.3 Å². The second-order valence-corrected chi connectivity index (χ2v) is 7.38. The van der Waals surface area contributed by atoms with Crippen molar-refractivity contribution in [3.8, 4) is 0 Å². The number of carbonyl (C=O) groups is 2. The van der Waals surface area contributed by atoms with Gasteiger partial charge in [0.1, 0.15) is 0 Å². The third-order valence-electron chi connectivity index (χ3n) is 2.96. The van der Waals surface area contributed by atoms with Crippen LogP contribution in [0.5, 0.6) is 0 Å². The fourth-order valence-corrected chi connectivity index (χ4v) is 2.64. The van der Waals surface area contributed by atoms with Crippen LogP contribution in [0, 0.1) is 0 Å². The van der Waals surface area contributed by atoms with Crippen LogP contribution in [0.4, 0.5) is 5.69 Å². The summed E-state index contributed by atoms with van der Waals surface area (Å²) in [4.78, 5) is 23.7. The van der Waals surface area contributed by atoms with Crippen LogP contribution in [0.1, 0.15) is 10.4 Å². The summed E-state index contributed by atoms with van der Waals surface area (Å²) in [5.41, 5.74) is 0.638. The number of carbonyl (C=O) groups excluding carboxylic acids is 2. The van der Waals surface area contributed by atoms with Crippen molar-refractivity contribution in [1.82, 2.24) is 0 Å². The number of sulfone groups is 1. The lowest BCUT2D eigenvalue weighted by Crippen LogP contribution is -2.20. The van der Waals surface area contributed by atoms with Crippen molar-refractivity contribution >= 4 is 39.0 Å². The molecule has 0 aliphatic heterocycles. The van der Waals surface area contributed by atoms with Crippen LogP contribution in [0.15, 0.2) is 53.4 Å². The molecule has 0 radical (unpaired) electrons. The summed E-state index contributed by atoms with van der Waals surface area (Å²) in [6, 6.07) is 11.8. The van der Waals surface area contributed by atoms with Crippen molar-refractivity contribution in [2.24, 2.45) is 0 Å². The molecule has 0 fully saturated rings. The van der Waals surface area contributed by atoms with Gasteiger partial charge in [-0.1, -0.05) is 17.7 Å². The molecule has 2 aromatic carbocycles. The van der Waals surface area contributed by atoms with Gasteiger partial charge in [-0.2, -0.15) is 0 Å². The molecule has 0 saturated carbocycles. The molecule has 0 saturated heterocycles. The summed E-state index contributed by atoms with van der Waals surface area (Å²) >= 11 is 5.80. The van der Waals surface area contributed by atoms with E-state index in [0.29, 0.717) is 10.7 Å². The average Bonchev–Trinajstić information content (AvgIpc) is 2.52. The van der Waals surface area contributed by atoms with Gasteiger partial charge in [-0.3, -0.25) is 4.79 Å². The Morgan fingerprint density at radius 1 is 1.12 bits per heavy atom. The first-order valence-electron chi connectivity index (χ1n) is 6.78. The highest BCUT2D eigenvalue weighted by atomic mass is 35.5. The van der Waals surface area contributed by atoms with Gasteiger partial charge in [-0.25, -0.2) is 13.2 Å². The zero-order chi connectivity index (χ0) is 17.7. The maximum Gasteiger partial charge on any atom is 0.338 e. The minimum atomic E-state index is -3.34. The van der Waals surface area contributed by atoms with Crippen molar-refractivity contribution in [3.63, 3.8) is 0 Å². The van der Waals surface area contributed by atoms with Crippen molar-refractivity contribution in [1.29, 1.82) is 0 Å². The fourth-order valence-electron chi connectivity index (χ4n) is 1.82.